The molecule has 1 aliphatic carbocycles. The Morgan fingerprint density at radius 3 is 2.69 bits per heavy atom. The van der Waals surface area contributed by atoms with E-state index in [1.165, 1.54) is 18.4 Å². The lowest BCUT2D eigenvalue weighted by molar-refractivity contribution is 0.202. The Balaban J connectivity index is 2.35. The van der Waals surface area contributed by atoms with Gasteiger partial charge in [0.25, 0.3) is 0 Å². The molecule has 3 atom stereocenters. The highest BCUT2D eigenvalue weighted by Gasteiger charge is 2.19. The van der Waals surface area contributed by atoms with Crippen molar-refractivity contribution in [1.29, 1.82) is 0 Å². The van der Waals surface area contributed by atoms with E-state index in [9.17, 15) is 5.11 Å². The summed E-state index contributed by atoms with van der Waals surface area (Å²) in [5.41, 5.74) is 1.52. The molecule has 0 aromatic rings. The summed E-state index contributed by atoms with van der Waals surface area (Å²) in [6.45, 7) is 10.1. The monoisotopic (exact) mass is 225 g/mol. The summed E-state index contributed by atoms with van der Waals surface area (Å²) < 4.78 is 0. The molecule has 0 aliphatic heterocycles. The molecule has 16 heavy (non-hydrogen) atoms. The molecule has 0 spiro atoms. The fraction of sp³-hybridized carbons (Fsp3) is 0.857. The average Bonchev–Trinajstić information content (AvgIpc) is 2.16. The van der Waals surface area contributed by atoms with Gasteiger partial charge >= 0.3 is 0 Å². The van der Waals surface area contributed by atoms with E-state index in [4.69, 9.17) is 0 Å². The molecular weight excluding hydrogens is 198 g/mol. The molecule has 0 saturated heterocycles. The first-order chi connectivity index (χ1) is 7.52. The molecule has 0 aromatic heterocycles. The lowest BCUT2D eigenvalue weighted by atomic mass is 9.83. The van der Waals surface area contributed by atoms with Crippen LogP contribution in [-0.4, -0.2) is 24.3 Å². The maximum Gasteiger partial charge on any atom is 0.0587 e. The van der Waals surface area contributed by atoms with Crippen LogP contribution in [0.3, 0.4) is 0 Å². The fourth-order valence-corrected chi connectivity index (χ4v) is 2.67. The van der Waals surface area contributed by atoms with E-state index in [1.54, 1.807) is 0 Å². The molecule has 0 saturated carbocycles. The van der Waals surface area contributed by atoms with Crippen LogP contribution in [0.5, 0.6) is 0 Å². The Labute approximate surface area is 100 Å². The van der Waals surface area contributed by atoms with Crippen LogP contribution in [0.2, 0.25) is 0 Å². The van der Waals surface area contributed by atoms with Gasteiger partial charge in [0.05, 0.1) is 6.61 Å². The average molecular weight is 225 g/mol. The van der Waals surface area contributed by atoms with Crippen LogP contribution >= 0.6 is 0 Å². The molecule has 3 unspecified atom stereocenters. The quantitative estimate of drug-likeness (QED) is 0.705. The first-order valence-corrected chi connectivity index (χ1v) is 6.54. The van der Waals surface area contributed by atoms with Crippen LogP contribution < -0.4 is 5.32 Å². The standard InChI is InChI=1S/C14H27NO/c1-10(2)14(9-16)15-8-13-6-11(3)5-12(4)7-13/h5,10-11,13-16H,6-9H2,1-4H3. The lowest BCUT2D eigenvalue weighted by Gasteiger charge is -2.28. The van der Waals surface area contributed by atoms with Gasteiger partial charge in [0, 0.05) is 6.04 Å². The van der Waals surface area contributed by atoms with Gasteiger partial charge in [0.15, 0.2) is 0 Å². The molecule has 0 radical (unpaired) electrons. The zero-order valence-electron chi connectivity index (χ0n) is 11.2. The van der Waals surface area contributed by atoms with Crippen LogP contribution in [0.25, 0.3) is 0 Å². The third-order valence-electron chi connectivity index (χ3n) is 3.55. The highest BCUT2D eigenvalue weighted by atomic mass is 16.3. The minimum Gasteiger partial charge on any atom is -0.395 e. The molecule has 0 fully saturated rings. The van der Waals surface area contributed by atoms with Crippen LogP contribution in [0.4, 0.5) is 0 Å². The first-order valence-electron chi connectivity index (χ1n) is 6.54. The highest BCUT2D eigenvalue weighted by molar-refractivity contribution is 5.06. The highest BCUT2D eigenvalue weighted by Crippen LogP contribution is 2.27. The molecule has 0 heterocycles. The summed E-state index contributed by atoms with van der Waals surface area (Å²) in [6.07, 6.45) is 4.89. The number of allylic oxidation sites excluding steroid dienone is 2. The van der Waals surface area contributed by atoms with E-state index in [0.717, 1.165) is 12.5 Å². The van der Waals surface area contributed by atoms with Crippen LogP contribution in [0, 0.1) is 17.8 Å². The summed E-state index contributed by atoms with van der Waals surface area (Å²) >= 11 is 0. The molecule has 2 heteroatoms. The summed E-state index contributed by atoms with van der Waals surface area (Å²) in [6, 6.07) is 0.251. The van der Waals surface area contributed by atoms with Crippen molar-refractivity contribution in [2.75, 3.05) is 13.2 Å². The SMILES string of the molecule is CC1=CC(C)CC(CNC(CO)C(C)C)C1. The number of aliphatic hydroxyl groups is 1. The van der Waals surface area contributed by atoms with Crippen molar-refractivity contribution in [2.24, 2.45) is 17.8 Å². The predicted molar refractivity (Wildman–Crippen MR) is 69.4 cm³/mol. The second kappa shape index (κ2) is 6.41. The van der Waals surface area contributed by atoms with E-state index >= 15 is 0 Å². The van der Waals surface area contributed by atoms with E-state index in [-0.39, 0.29) is 12.6 Å². The van der Waals surface area contributed by atoms with Gasteiger partial charge < -0.3 is 10.4 Å². The molecule has 0 bridgehead atoms. The fourth-order valence-electron chi connectivity index (χ4n) is 2.67. The smallest absolute Gasteiger partial charge is 0.0587 e. The Hall–Kier alpha value is -0.340. The van der Waals surface area contributed by atoms with Crippen LogP contribution in [0.15, 0.2) is 11.6 Å². The van der Waals surface area contributed by atoms with Crippen LogP contribution in [0.1, 0.15) is 40.5 Å². The van der Waals surface area contributed by atoms with Crippen molar-refractivity contribution in [3.05, 3.63) is 11.6 Å². The minimum absolute atomic E-state index is 0.245. The minimum atomic E-state index is 0.245. The van der Waals surface area contributed by atoms with Crippen molar-refractivity contribution in [2.45, 2.75) is 46.6 Å². The largest absolute Gasteiger partial charge is 0.395 e. The third-order valence-corrected chi connectivity index (χ3v) is 3.55. The third kappa shape index (κ3) is 4.26. The van der Waals surface area contributed by atoms with E-state index < -0.39 is 0 Å². The topological polar surface area (TPSA) is 32.3 Å². The van der Waals surface area contributed by atoms with Gasteiger partial charge in [-0.05, 0) is 44.1 Å². The Morgan fingerprint density at radius 1 is 1.50 bits per heavy atom. The van der Waals surface area contributed by atoms with E-state index in [1.807, 2.05) is 0 Å². The van der Waals surface area contributed by atoms with Gasteiger partial charge in [-0.25, -0.2) is 0 Å². The molecular formula is C14H27NO. The van der Waals surface area contributed by atoms with Crippen molar-refractivity contribution in [1.82, 2.24) is 5.32 Å². The Kier molecular flexibility index (Phi) is 5.50. The first kappa shape index (κ1) is 13.7. The zero-order valence-corrected chi connectivity index (χ0v) is 11.2. The molecule has 1 aliphatic rings. The van der Waals surface area contributed by atoms with E-state index in [0.29, 0.717) is 11.8 Å². The Morgan fingerprint density at radius 2 is 2.19 bits per heavy atom. The maximum atomic E-state index is 9.26. The summed E-state index contributed by atoms with van der Waals surface area (Å²) in [4.78, 5) is 0. The maximum absolute atomic E-state index is 9.26. The predicted octanol–water partition coefficient (Wildman–Crippen LogP) is 2.59. The number of hydrogen-bond acceptors (Lipinski definition) is 2. The molecule has 2 N–H and O–H groups in total. The number of rotatable bonds is 5. The lowest BCUT2D eigenvalue weighted by Crippen LogP contribution is -2.40. The van der Waals surface area contributed by atoms with Gasteiger partial charge in [0.2, 0.25) is 0 Å². The zero-order chi connectivity index (χ0) is 12.1. The van der Waals surface area contributed by atoms with Crippen LogP contribution in [-0.2, 0) is 0 Å². The summed E-state index contributed by atoms with van der Waals surface area (Å²) in [7, 11) is 0. The van der Waals surface area contributed by atoms with Gasteiger partial charge in [0.1, 0.15) is 0 Å². The molecule has 1 rings (SSSR count). The number of nitrogens with one attached hydrogen (secondary N) is 1. The Bertz CT molecular complexity index is 235. The van der Waals surface area contributed by atoms with Gasteiger partial charge in [-0.2, -0.15) is 0 Å². The van der Waals surface area contributed by atoms with E-state index in [2.05, 4.69) is 39.1 Å². The van der Waals surface area contributed by atoms with Gasteiger partial charge in [-0.15, -0.1) is 0 Å². The summed E-state index contributed by atoms with van der Waals surface area (Å²) in [5, 5.41) is 12.8. The van der Waals surface area contributed by atoms with Crippen molar-refractivity contribution in [3.8, 4) is 0 Å². The molecule has 0 aromatic carbocycles. The van der Waals surface area contributed by atoms with Crippen molar-refractivity contribution in [3.63, 3.8) is 0 Å². The normalized spacial score (nSPS) is 28.0. The summed E-state index contributed by atoms with van der Waals surface area (Å²) in [5.74, 6) is 1.96. The molecule has 2 nitrogen and oxygen atoms in total. The van der Waals surface area contributed by atoms with Crippen molar-refractivity contribution >= 4 is 0 Å². The molecule has 0 amide bonds. The number of aliphatic hydroxyl groups excluding tert-OH is 1. The molecule has 94 valence electrons. The van der Waals surface area contributed by atoms with Gasteiger partial charge in [-0.1, -0.05) is 32.4 Å². The second-order valence-corrected chi connectivity index (χ2v) is 5.74. The van der Waals surface area contributed by atoms with Gasteiger partial charge in [-0.3, -0.25) is 0 Å². The number of hydrogen-bond donors (Lipinski definition) is 2. The van der Waals surface area contributed by atoms with Crippen molar-refractivity contribution < 1.29 is 5.11 Å². The second-order valence-electron chi connectivity index (χ2n) is 5.74.